The van der Waals surface area contributed by atoms with E-state index >= 15 is 0 Å². The van der Waals surface area contributed by atoms with Crippen LogP contribution in [0, 0.1) is 5.92 Å². The first kappa shape index (κ1) is 21.9. The zero-order valence-electron chi connectivity index (χ0n) is 18.9. The van der Waals surface area contributed by atoms with Gasteiger partial charge in [-0.15, -0.1) is 10.2 Å². The zero-order valence-corrected chi connectivity index (χ0v) is 18.9. The highest BCUT2D eigenvalue weighted by atomic mass is 16.5. The van der Waals surface area contributed by atoms with Crippen molar-refractivity contribution in [2.45, 2.75) is 25.4 Å². The van der Waals surface area contributed by atoms with E-state index in [9.17, 15) is 9.59 Å². The van der Waals surface area contributed by atoms with Crippen LogP contribution in [-0.2, 0) is 9.59 Å². The molecule has 2 aliphatic heterocycles. The number of nitrogens with zero attached hydrogens (tertiary/aromatic N) is 6. The van der Waals surface area contributed by atoms with Gasteiger partial charge in [-0.2, -0.15) is 5.10 Å². The minimum absolute atomic E-state index is 0.0288. The summed E-state index contributed by atoms with van der Waals surface area (Å²) < 4.78 is 12.8. The number of methoxy groups -OCH3 is 1. The SMILES string of the molecule is COc1ccc(N2CC(C(=O)N3CCC(Oc4ccc(-n5cccn5)nn4)CC3)CC2=O)cc1. The van der Waals surface area contributed by atoms with E-state index in [1.807, 2.05) is 35.2 Å². The van der Waals surface area contributed by atoms with Crippen LogP contribution in [0.2, 0.25) is 0 Å². The van der Waals surface area contributed by atoms with Crippen molar-refractivity contribution in [1.82, 2.24) is 24.9 Å². The maximum Gasteiger partial charge on any atom is 0.233 e. The summed E-state index contributed by atoms with van der Waals surface area (Å²) in [6, 6.07) is 12.7. The molecular formula is C24H26N6O4. The van der Waals surface area contributed by atoms with E-state index < -0.39 is 0 Å². The summed E-state index contributed by atoms with van der Waals surface area (Å²) in [5.74, 6) is 1.48. The van der Waals surface area contributed by atoms with Crippen LogP contribution in [0.1, 0.15) is 19.3 Å². The predicted octanol–water partition coefficient (Wildman–Crippen LogP) is 2.09. The Kier molecular flexibility index (Phi) is 6.11. The molecule has 0 spiro atoms. The molecule has 10 heteroatoms. The van der Waals surface area contributed by atoms with Crippen molar-refractivity contribution in [3.8, 4) is 17.4 Å². The number of piperidine rings is 1. The second-order valence-corrected chi connectivity index (χ2v) is 8.43. The topological polar surface area (TPSA) is 103 Å². The van der Waals surface area contributed by atoms with Crippen molar-refractivity contribution in [1.29, 1.82) is 0 Å². The van der Waals surface area contributed by atoms with Gasteiger partial charge in [0, 0.05) is 63.0 Å². The number of aromatic nitrogens is 4. The fraction of sp³-hybridized carbons (Fsp3) is 0.375. The fourth-order valence-electron chi connectivity index (χ4n) is 4.41. The summed E-state index contributed by atoms with van der Waals surface area (Å²) in [7, 11) is 1.60. The maximum atomic E-state index is 13.1. The van der Waals surface area contributed by atoms with Crippen LogP contribution in [-0.4, -0.2) is 69.5 Å². The van der Waals surface area contributed by atoms with Gasteiger partial charge in [0.05, 0.1) is 13.0 Å². The van der Waals surface area contributed by atoms with Gasteiger partial charge in [-0.05, 0) is 36.4 Å². The highest BCUT2D eigenvalue weighted by molar-refractivity contribution is 6.00. The molecule has 2 fully saturated rings. The lowest BCUT2D eigenvalue weighted by Crippen LogP contribution is -2.45. The zero-order chi connectivity index (χ0) is 23.5. The van der Waals surface area contributed by atoms with E-state index in [1.165, 1.54) is 0 Å². The second kappa shape index (κ2) is 9.50. The van der Waals surface area contributed by atoms with E-state index in [1.54, 1.807) is 41.2 Å². The lowest BCUT2D eigenvalue weighted by molar-refractivity contribution is -0.137. The van der Waals surface area contributed by atoms with Gasteiger partial charge in [0.2, 0.25) is 17.7 Å². The first-order valence-electron chi connectivity index (χ1n) is 11.3. The first-order valence-corrected chi connectivity index (χ1v) is 11.3. The average Bonchev–Trinajstić information content (AvgIpc) is 3.55. The normalized spacial score (nSPS) is 18.9. The highest BCUT2D eigenvalue weighted by Gasteiger charge is 2.38. The summed E-state index contributed by atoms with van der Waals surface area (Å²) in [6.45, 7) is 1.59. The smallest absolute Gasteiger partial charge is 0.233 e. The average molecular weight is 463 g/mol. The summed E-state index contributed by atoms with van der Waals surface area (Å²) >= 11 is 0. The lowest BCUT2D eigenvalue weighted by atomic mass is 10.0. The van der Waals surface area contributed by atoms with Gasteiger partial charge in [-0.1, -0.05) is 0 Å². The molecule has 5 rings (SSSR count). The van der Waals surface area contributed by atoms with Crippen molar-refractivity contribution < 1.29 is 19.1 Å². The third-order valence-corrected chi connectivity index (χ3v) is 6.26. The number of hydrogen-bond acceptors (Lipinski definition) is 7. The van der Waals surface area contributed by atoms with Crippen LogP contribution in [0.4, 0.5) is 5.69 Å². The number of carbonyl (C=O) groups excluding carboxylic acids is 2. The molecule has 176 valence electrons. The minimum Gasteiger partial charge on any atom is -0.497 e. The Morgan fingerprint density at radius 3 is 2.50 bits per heavy atom. The maximum absolute atomic E-state index is 13.1. The van der Waals surface area contributed by atoms with E-state index in [0.717, 1.165) is 11.4 Å². The molecule has 0 aliphatic carbocycles. The highest BCUT2D eigenvalue weighted by Crippen LogP contribution is 2.29. The lowest BCUT2D eigenvalue weighted by Gasteiger charge is -2.33. The third kappa shape index (κ3) is 4.57. The number of rotatable bonds is 6. The molecule has 10 nitrogen and oxygen atoms in total. The Balaban J connectivity index is 1.13. The summed E-state index contributed by atoms with van der Waals surface area (Å²) in [5.41, 5.74) is 0.785. The van der Waals surface area contributed by atoms with Gasteiger partial charge in [0.1, 0.15) is 11.9 Å². The Morgan fingerprint density at radius 2 is 1.85 bits per heavy atom. The van der Waals surface area contributed by atoms with Gasteiger partial charge >= 0.3 is 0 Å². The molecular weight excluding hydrogens is 436 g/mol. The molecule has 0 radical (unpaired) electrons. The number of hydrogen-bond donors (Lipinski definition) is 0. The molecule has 1 aromatic carbocycles. The molecule has 0 saturated carbocycles. The molecule has 2 saturated heterocycles. The van der Waals surface area contributed by atoms with Crippen LogP contribution in [0.25, 0.3) is 5.82 Å². The fourth-order valence-corrected chi connectivity index (χ4v) is 4.41. The van der Waals surface area contributed by atoms with Gasteiger partial charge in [-0.3, -0.25) is 9.59 Å². The largest absolute Gasteiger partial charge is 0.497 e. The molecule has 0 bridgehead atoms. The predicted molar refractivity (Wildman–Crippen MR) is 123 cm³/mol. The van der Waals surface area contributed by atoms with Crippen molar-refractivity contribution in [2.24, 2.45) is 5.92 Å². The summed E-state index contributed by atoms with van der Waals surface area (Å²) in [4.78, 5) is 29.2. The number of likely N-dealkylation sites (tertiary alicyclic amines) is 1. The molecule has 2 aliphatic rings. The van der Waals surface area contributed by atoms with Crippen molar-refractivity contribution >= 4 is 17.5 Å². The number of ether oxygens (including phenoxy) is 2. The van der Waals surface area contributed by atoms with Crippen molar-refractivity contribution in [2.75, 3.05) is 31.6 Å². The summed E-state index contributed by atoms with van der Waals surface area (Å²) in [6.07, 6.45) is 5.09. The molecule has 0 N–H and O–H groups in total. The van der Waals surface area contributed by atoms with Crippen LogP contribution < -0.4 is 14.4 Å². The molecule has 34 heavy (non-hydrogen) atoms. The Bertz CT molecular complexity index is 1130. The quantitative estimate of drug-likeness (QED) is 0.553. The first-order chi connectivity index (χ1) is 16.6. The van der Waals surface area contributed by atoms with Crippen LogP contribution in [0.3, 0.4) is 0 Å². The van der Waals surface area contributed by atoms with E-state index in [2.05, 4.69) is 15.3 Å². The van der Waals surface area contributed by atoms with Crippen LogP contribution in [0.5, 0.6) is 11.6 Å². The van der Waals surface area contributed by atoms with Crippen molar-refractivity contribution in [3.05, 3.63) is 54.9 Å². The molecule has 4 heterocycles. The molecule has 1 unspecified atom stereocenters. The number of amides is 2. The molecule has 2 aromatic heterocycles. The Labute approximate surface area is 197 Å². The van der Waals surface area contributed by atoms with Crippen LogP contribution in [0.15, 0.2) is 54.9 Å². The minimum atomic E-state index is -0.326. The third-order valence-electron chi connectivity index (χ3n) is 6.26. The second-order valence-electron chi connectivity index (χ2n) is 8.43. The van der Waals surface area contributed by atoms with Gasteiger partial charge in [0.15, 0.2) is 5.82 Å². The number of benzene rings is 1. The number of carbonyl (C=O) groups is 2. The standard InChI is InChI=1S/C24H26N6O4/c1-33-19-5-3-18(4-6-19)29-16-17(15-23(29)31)24(32)28-13-9-20(10-14-28)34-22-8-7-21(26-27-22)30-12-2-11-25-30/h2-8,11-12,17,20H,9-10,13-16H2,1H3. The Hall–Kier alpha value is -3.95. The van der Waals surface area contributed by atoms with Gasteiger partial charge in [-0.25, -0.2) is 4.68 Å². The van der Waals surface area contributed by atoms with E-state index in [-0.39, 0.29) is 30.3 Å². The molecule has 3 aromatic rings. The van der Waals surface area contributed by atoms with Crippen molar-refractivity contribution in [3.63, 3.8) is 0 Å². The molecule has 1 atom stereocenters. The van der Waals surface area contributed by atoms with Gasteiger partial charge < -0.3 is 19.3 Å². The number of anilines is 1. The van der Waals surface area contributed by atoms with Crippen LogP contribution >= 0.6 is 0 Å². The Morgan fingerprint density at radius 1 is 1.06 bits per heavy atom. The van der Waals surface area contributed by atoms with E-state index in [0.29, 0.717) is 44.2 Å². The van der Waals surface area contributed by atoms with E-state index in [4.69, 9.17) is 9.47 Å². The van der Waals surface area contributed by atoms with Gasteiger partial charge in [0.25, 0.3) is 0 Å². The molecule has 2 amide bonds. The summed E-state index contributed by atoms with van der Waals surface area (Å²) in [5, 5.41) is 12.4. The monoisotopic (exact) mass is 462 g/mol.